The maximum absolute atomic E-state index is 10.6. The molecule has 0 aromatic rings. The highest BCUT2D eigenvalue weighted by Gasteiger charge is 2.16. The van der Waals surface area contributed by atoms with E-state index in [4.69, 9.17) is 4.89 Å². The highest BCUT2D eigenvalue weighted by Crippen LogP contribution is 2.41. The SMILES string of the molecule is COP(=O)(O)OCCCBr. The van der Waals surface area contributed by atoms with Crippen molar-refractivity contribution >= 4 is 23.8 Å². The zero-order valence-electron chi connectivity index (χ0n) is 5.62. The van der Waals surface area contributed by atoms with Crippen LogP contribution in [0.2, 0.25) is 0 Å². The molecule has 6 heteroatoms. The lowest BCUT2D eigenvalue weighted by Crippen LogP contribution is -1.94. The lowest BCUT2D eigenvalue weighted by Gasteiger charge is -2.07. The largest absolute Gasteiger partial charge is 0.471 e. The molecule has 62 valence electrons. The van der Waals surface area contributed by atoms with Crippen molar-refractivity contribution in [3.8, 4) is 0 Å². The summed E-state index contributed by atoms with van der Waals surface area (Å²) in [4.78, 5) is 8.65. The van der Waals surface area contributed by atoms with Crippen LogP contribution in [0.3, 0.4) is 0 Å². The van der Waals surface area contributed by atoms with E-state index in [0.717, 1.165) is 12.4 Å². The van der Waals surface area contributed by atoms with E-state index in [2.05, 4.69) is 25.0 Å². The molecular weight excluding hydrogens is 223 g/mol. The first-order valence-electron chi connectivity index (χ1n) is 2.71. The third-order valence-corrected chi connectivity index (χ3v) is 2.29. The van der Waals surface area contributed by atoms with Crippen LogP contribution in [-0.2, 0) is 13.6 Å². The van der Waals surface area contributed by atoms with Crippen LogP contribution in [0, 0.1) is 0 Å². The average molecular weight is 233 g/mol. The molecule has 0 aromatic carbocycles. The van der Waals surface area contributed by atoms with Gasteiger partial charge in [-0.2, -0.15) is 0 Å². The Morgan fingerprint density at radius 2 is 2.30 bits per heavy atom. The van der Waals surface area contributed by atoms with E-state index in [0.29, 0.717) is 6.42 Å². The Labute approximate surface area is 68.3 Å². The van der Waals surface area contributed by atoms with Crippen LogP contribution in [0.4, 0.5) is 0 Å². The highest BCUT2D eigenvalue weighted by atomic mass is 79.9. The maximum atomic E-state index is 10.6. The standard InChI is InChI=1S/C4H10BrO4P/c1-8-10(6,7)9-4-2-3-5/h2-4H2,1H3,(H,6,7). The van der Waals surface area contributed by atoms with Gasteiger partial charge >= 0.3 is 7.82 Å². The predicted molar refractivity (Wildman–Crippen MR) is 41.2 cm³/mol. The fraction of sp³-hybridized carbons (Fsp3) is 1.00. The molecular formula is C4H10BrO4P. The molecule has 1 unspecified atom stereocenters. The minimum absolute atomic E-state index is 0.229. The molecule has 0 heterocycles. The van der Waals surface area contributed by atoms with E-state index in [9.17, 15) is 4.57 Å². The summed E-state index contributed by atoms with van der Waals surface area (Å²) >= 11 is 3.15. The van der Waals surface area contributed by atoms with Crippen molar-refractivity contribution in [2.45, 2.75) is 6.42 Å². The van der Waals surface area contributed by atoms with E-state index in [1.807, 2.05) is 0 Å². The minimum Gasteiger partial charge on any atom is -0.303 e. The van der Waals surface area contributed by atoms with Crippen LogP contribution in [0.15, 0.2) is 0 Å². The van der Waals surface area contributed by atoms with Gasteiger partial charge in [0.1, 0.15) is 0 Å². The lowest BCUT2D eigenvalue weighted by atomic mass is 10.5. The van der Waals surface area contributed by atoms with Crippen LogP contribution >= 0.6 is 23.8 Å². The minimum atomic E-state index is -3.72. The second-order valence-electron chi connectivity index (χ2n) is 1.53. The Balaban J connectivity index is 3.38. The highest BCUT2D eigenvalue weighted by molar-refractivity contribution is 9.09. The van der Waals surface area contributed by atoms with Gasteiger partial charge in [0, 0.05) is 12.4 Å². The van der Waals surface area contributed by atoms with Gasteiger partial charge in [0.2, 0.25) is 0 Å². The van der Waals surface area contributed by atoms with E-state index in [1.54, 1.807) is 0 Å². The third-order valence-electron chi connectivity index (χ3n) is 0.763. The molecule has 0 fully saturated rings. The summed E-state index contributed by atoms with van der Waals surface area (Å²) in [5.41, 5.74) is 0. The van der Waals surface area contributed by atoms with Gasteiger partial charge in [0.25, 0.3) is 0 Å². The molecule has 0 aliphatic heterocycles. The second kappa shape index (κ2) is 5.27. The number of phosphoric ester groups is 1. The summed E-state index contributed by atoms with van der Waals surface area (Å²) < 4.78 is 19.2. The summed E-state index contributed by atoms with van der Waals surface area (Å²) in [6, 6.07) is 0. The summed E-state index contributed by atoms with van der Waals surface area (Å²) in [5, 5.41) is 0.747. The third kappa shape index (κ3) is 5.38. The fourth-order valence-electron chi connectivity index (χ4n) is 0.287. The van der Waals surface area contributed by atoms with Crippen molar-refractivity contribution in [1.29, 1.82) is 0 Å². The van der Waals surface area contributed by atoms with Gasteiger partial charge < -0.3 is 4.89 Å². The van der Waals surface area contributed by atoms with Crippen molar-refractivity contribution in [3.63, 3.8) is 0 Å². The molecule has 0 amide bonds. The van der Waals surface area contributed by atoms with E-state index in [-0.39, 0.29) is 6.61 Å². The molecule has 0 spiro atoms. The molecule has 1 atom stereocenters. The van der Waals surface area contributed by atoms with Crippen LogP contribution in [0.5, 0.6) is 0 Å². The first-order chi connectivity index (χ1) is 4.62. The molecule has 0 rings (SSSR count). The zero-order chi connectivity index (χ0) is 8.04. The van der Waals surface area contributed by atoms with Crippen LogP contribution in [0.1, 0.15) is 6.42 Å². The molecule has 0 aromatic heterocycles. The second-order valence-corrected chi connectivity index (χ2v) is 3.88. The molecule has 0 aliphatic carbocycles. The van der Waals surface area contributed by atoms with Crippen molar-refractivity contribution in [2.24, 2.45) is 0 Å². The summed E-state index contributed by atoms with van der Waals surface area (Å²) in [5.74, 6) is 0. The van der Waals surface area contributed by atoms with Gasteiger partial charge in [-0.15, -0.1) is 0 Å². The normalized spacial score (nSPS) is 16.7. The lowest BCUT2D eigenvalue weighted by molar-refractivity contribution is 0.174. The monoisotopic (exact) mass is 232 g/mol. The van der Waals surface area contributed by atoms with Gasteiger partial charge in [-0.05, 0) is 6.42 Å². The Bertz CT molecular complexity index is 128. The quantitative estimate of drug-likeness (QED) is 0.444. The first kappa shape index (κ1) is 10.6. The smallest absolute Gasteiger partial charge is 0.303 e. The van der Waals surface area contributed by atoms with Crippen molar-refractivity contribution < 1.29 is 18.5 Å². The molecule has 0 bridgehead atoms. The molecule has 0 aliphatic rings. The van der Waals surface area contributed by atoms with Crippen LogP contribution < -0.4 is 0 Å². The first-order valence-corrected chi connectivity index (χ1v) is 5.33. The number of alkyl halides is 1. The Morgan fingerprint density at radius 1 is 1.70 bits per heavy atom. The molecule has 0 saturated heterocycles. The summed E-state index contributed by atoms with van der Waals surface area (Å²) in [6.07, 6.45) is 0.688. The van der Waals surface area contributed by atoms with Crippen molar-refractivity contribution in [1.82, 2.24) is 0 Å². The number of hydrogen-bond acceptors (Lipinski definition) is 3. The van der Waals surface area contributed by atoms with Gasteiger partial charge in [-0.25, -0.2) is 4.57 Å². The summed E-state index contributed by atoms with van der Waals surface area (Å²) in [7, 11) is -2.59. The van der Waals surface area contributed by atoms with Crippen molar-refractivity contribution in [3.05, 3.63) is 0 Å². The predicted octanol–water partition coefficient (Wildman–Crippen LogP) is 1.53. The number of rotatable bonds is 5. The van der Waals surface area contributed by atoms with E-state index < -0.39 is 7.82 Å². The van der Waals surface area contributed by atoms with E-state index >= 15 is 0 Å². The number of phosphoric acid groups is 1. The van der Waals surface area contributed by atoms with Crippen LogP contribution in [0.25, 0.3) is 0 Å². The molecule has 0 saturated carbocycles. The van der Waals surface area contributed by atoms with Gasteiger partial charge in [0.05, 0.1) is 6.61 Å². The Hall–Kier alpha value is 0.590. The molecule has 1 N–H and O–H groups in total. The van der Waals surface area contributed by atoms with Gasteiger partial charge in [-0.3, -0.25) is 9.05 Å². The Kier molecular flexibility index (Phi) is 5.58. The topological polar surface area (TPSA) is 55.8 Å². The number of hydrogen-bond donors (Lipinski definition) is 1. The van der Waals surface area contributed by atoms with Gasteiger partial charge in [0.15, 0.2) is 0 Å². The molecule has 4 nitrogen and oxygen atoms in total. The van der Waals surface area contributed by atoms with E-state index in [1.165, 1.54) is 0 Å². The van der Waals surface area contributed by atoms with Crippen molar-refractivity contribution in [2.75, 3.05) is 19.0 Å². The maximum Gasteiger partial charge on any atom is 0.471 e. The number of halogens is 1. The average Bonchev–Trinajstić information content (AvgIpc) is 1.89. The zero-order valence-corrected chi connectivity index (χ0v) is 8.10. The summed E-state index contributed by atoms with van der Waals surface area (Å²) in [6.45, 7) is 0.229. The fourth-order valence-corrected chi connectivity index (χ4v) is 0.981. The van der Waals surface area contributed by atoms with Crippen LogP contribution in [-0.4, -0.2) is 23.9 Å². The Morgan fingerprint density at radius 3 is 2.70 bits per heavy atom. The molecule has 10 heavy (non-hydrogen) atoms. The molecule has 0 radical (unpaired) electrons. The van der Waals surface area contributed by atoms with Gasteiger partial charge in [-0.1, -0.05) is 15.9 Å².